The van der Waals surface area contributed by atoms with Crippen LogP contribution < -0.4 is 5.73 Å². The summed E-state index contributed by atoms with van der Waals surface area (Å²) in [5.74, 6) is 1.81. The Morgan fingerprint density at radius 2 is 2.00 bits per heavy atom. The molecule has 4 heteroatoms. The molecule has 2 unspecified atom stereocenters. The third-order valence-electron chi connectivity index (χ3n) is 2.85. The van der Waals surface area contributed by atoms with Crippen LogP contribution in [0.1, 0.15) is 65.1 Å². The van der Waals surface area contributed by atoms with Crippen molar-refractivity contribution in [1.29, 1.82) is 0 Å². The topological polar surface area (TPSA) is 64.9 Å². The fraction of sp³-hybridized carbons (Fsp3) is 0.846. The van der Waals surface area contributed by atoms with Crippen molar-refractivity contribution in [3.8, 4) is 0 Å². The Morgan fingerprint density at radius 1 is 1.35 bits per heavy atom. The van der Waals surface area contributed by atoms with Gasteiger partial charge in [0.15, 0.2) is 5.82 Å². The van der Waals surface area contributed by atoms with Gasteiger partial charge in [-0.2, -0.15) is 4.98 Å². The molecule has 1 aromatic rings. The summed E-state index contributed by atoms with van der Waals surface area (Å²) >= 11 is 0. The highest BCUT2D eigenvalue weighted by atomic mass is 16.5. The molecule has 0 aliphatic heterocycles. The maximum Gasteiger partial charge on any atom is 0.228 e. The van der Waals surface area contributed by atoms with Crippen LogP contribution in [0.4, 0.5) is 0 Å². The Morgan fingerprint density at radius 3 is 2.53 bits per heavy atom. The summed E-state index contributed by atoms with van der Waals surface area (Å²) in [6.45, 7) is 10.8. The molecule has 0 radical (unpaired) electrons. The SMILES string of the molecule is CCC(C)c1noc(CC(N)CC(C)(C)C)n1. The third kappa shape index (κ3) is 4.86. The Kier molecular flexibility index (Phi) is 4.69. The summed E-state index contributed by atoms with van der Waals surface area (Å²) in [4.78, 5) is 4.39. The highest BCUT2D eigenvalue weighted by Gasteiger charge is 2.19. The van der Waals surface area contributed by atoms with Crippen LogP contribution >= 0.6 is 0 Å². The highest BCUT2D eigenvalue weighted by molar-refractivity contribution is 4.94. The molecular formula is C13H25N3O. The Hall–Kier alpha value is -0.900. The largest absolute Gasteiger partial charge is 0.339 e. The average molecular weight is 239 g/mol. The zero-order valence-electron chi connectivity index (χ0n) is 11.7. The molecule has 4 nitrogen and oxygen atoms in total. The van der Waals surface area contributed by atoms with Gasteiger partial charge in [0, 0.05) is 18.4 Å². The van der Waals surface area contributed by atoms with E-state index in [9.17, 15) is 0 Å². The smallest absolute Gasteiger partial charge is 0.228 e. The second-order valence-corrected chi connectivity index (χ2v) is 6.08. The lowest BCUT2D eigenvalue weighted by atomic mass is 9.87. The van der Waals surface area contributed by atoms with E-state index in [1.54, 1.807) is 0 Å². The summed E-state index contributed by atoms with van der Waals surface area (Å²) < 4.78 is 5.23. The predicted octanol–water partition coefficient (Wildman–Crippen LogP) is 2.89. The molecule has 0 spiro atoms. The van der Waals surface area contributed by atoms with Crippen molar-refractivity contribution < 1.29 is 4.52 Å². The van der Waals surface area contributed by atoms with Crippen molar-refractivity contribution >= 4 is 0 Å². The van der Waals surface area contributed by atoms with Crippen molar-refractivity contribution in [1.82, 2.24) is 10.1 Å². The van der Waals surface area contributed by atoms with Gasteiger partial charge in [0.05, 0.1) is 0 Å². The van der Waals surface area contributed by atoms with Crippen LogP contribution in [0.15, 0.2) is 4.52 Å². The summed E-state index contributed by atoms with van der Waals surface area (Å²) in [6, 6.07) is 0.0835. The van der Waals surface area contributed by atoms with Gasteiger partial charge in [0.2, 0.25) is 5.89 Å². The number of aromatic nitrogens is 2. The number of hydrogen-bond acceptors (Lipinski definition) is 4. The number of rotatable bonds is 5. The lowest BCUT2D eigenvalue weighted by molar-refractivity contribution is 0.312. The van der Waals surface area contributed by atoms with E-state index in [4.69, 9.17) is 10.3 Å². The van der Waals surface area contributed by atoms with Crippen molar-refractivity contribution in [2.24, 2.45) is 11.1 Å². The lowest BCUT2D eigenvalue weighted by Crippen LogP contribution is -2.28. The van der Waals surface area contributed by atoms with Crippen LogP contribution in [0, 0.1) is 5.41 Å². The summed E-state index contributed by atoms with van der Waals surface area (Å²) in [7, 11) is 0. The normalized spacial score (nSPS) is 15.9. The molecule has 0 aliphatic carbocycles. The molecule has 1 rings (SSSR count). The summed E-state index contributed by atoms with van der Waals surface area (Å²) in [5, 5.41) is 3.99. The minimum absolute atomic E-state index is 0.0835. The van der Waals surface area contributed by atoms with Gasteiger partial charge in [-0.15, -0.1) is 0 Å². The molecule has 2 N–H and O–H groups in total. The molecule has 1 aromatic heterocycles. The first-order valence-electron chi connectivity index (χ1n) is 6.40. The number of hydrogen-bond donors (Lipinski definition) is 1. The molecule has 2 atom stereocenters. The maximum atomic E-state index is 6.08. The van der Waals surface area contributed by atoms with Gasteiger partial charge in [-0.1, -0.05) is 39.8 Å². The fourth-order valence-electron chi connectivity index (χ4n) is 1.82. The average Bonchev–Trinajstić information content (AvgIpc) is 2.62. The second-order valence-electron chi connectivity index (χ2n) is 6.08. The van der Waals surface area contributed by atoms with Gasteiger partial charge in [-0.05, 0) is 18.3 Å². The molecule has 98 valence electrons. The molecule has 0 bridgehead atoms. The van der Waals surface area contributed by atoms with E-state index in [1.165, 1.54) is 0 Å². The Labute approximate surface area is 104 Å². The van der Waals surface area contributed by atoms with Crippen LogP contribution in [-0.4, -0.2) is 16.2 Å². The van der Waals surface area contributed by atoms with E-state index in [0.717, 1.165) is 18.7 Å². The highest BCUT2D eigenvalue weighted by Crippen LogP contribution is 2.22. The van der Waals surface area contributed by atoms with Crippen LogP contribution in [0.2, 0.25) is 0 Å². The maximum absolute atomic E-state index is 6.08. The van der Waals surface area contributed by atoms with Crippen LogP contribution in [-0.2, 0) is 6.42 Å². The van der Waals surface area contributed by atoms with Crippen molar-refractivity contribution in [3.05, 3.63) is 11.7 Å². The molecular weight excluding hydrogens is 214 g/mol. The molecule has 0 amide bonds. The first-order chi connectivity index (χ1) is 7.81. The van der Waals surface area contributed by atoms with Crippen LogP contribution in [0.5, 0.6) is 0 Å². The zero-order valence-corrected chi connectivity index (χ0v) is 11.7. The van der Waals surface area contributed by atoms with Crippen molar-refractivity contribution in [2.45, 2.75) is 65.8 Å². The van der Waals surface area contributed by atoms with Gasteiger partial charge in [-0.3, -0.25) is 0 Å². The molecule has 0 saturated carbocycles. The predicted molar refractivity (Wildman–Crippen MR) is 68.8 cm³/mol. The Balaban J connectivity index is 2.54. The van der Waals surface area contributed by atoms with Crippen LogP contribution in [0.25, 0.3) is 0 Å². The summed E-state index contributed by atoms with van der Waals surface area (Å²) in [5.41, 5.74) is 6.32. The molecule has 17 heavy (non-hydrogen) atoms. The molecule has 1 heterocycles. The minimum Gasteiger partial charge on any atom is -0.339 e. The van der Waals surface area contributed by atoms with E-state index < -0.39 is 0 Å². The van der Waals surface area contributed by atoms with Crippen LogP contribution in [0.3, 0.4) is 0 Å². The lowest BCUT2D eigenvalue weighted by Gasteiger charge is -2.21. The molecule has 0 fully saturated rings. The van der Waals surface area contributed by atoms with E-state index >= 15 is 0 Å². The first kappa shape index (κ1) is 14.2. The van der Waals surface area contributed by atoms with Gasteiger partial charge < -0.3 is 10.3 Å². The van der Waals surface area contributed by atoms with Crippen molar-refractivity contribution in [2.75, 3.05) is 0 Å². The quantitative estimate of drug-likeness (QED) is 0.858. The van der Waals surface area contributed by atoms with E-state index in [-0.39, 0.29) is 11.5 Å². The standard InChI is InChI=1S/C13H25N3O/c1-6-9(2)12-15-11(17-16-12)7-10(14)8-13(3,4)5/h9-10H,6-8,14H2,1-5H3. The van der Waals surface area contributed by atoms with Gasteiger partial charge in [-0.25, -0.2) is 0 Å². The molecule has 0 aromatic carbocycles. The Bertz CT molecular complexity index is 341. The van der Waals surface area contributed by atoms with Gasteiger partial charge >= 0.3 is 0 Å². The third-order valence-corrected chi connectivity index (χ3v) is 2.85. The number of nitrogens with two attached hydrogens (primary N) is 1. The fourth-order valence-corrected chi connectivity index (χ4v) is 1.82. The van der Waals surface area contributed by atoms with Gasteiger partial charge in [0.25, 0.3) is 0 Å². The second kappa shape index (κ2) is 5.63. The van der Waals surface area contributed by atoms with E-state index in [0.29, 0.717) is 18.2 Å². The molecule has 0 saturated heterocycles. The number of nitrogens with zero attached hydrogens (tertiary/aromatic N) is 2. The summed E-state index contributed by atoms with van der Waals surface area (Å²) in [6.07, 6.45) is 2.64. The van der Waals surface area contributed by atoms with Gasteiger partial charge in [0.1, 0.15) is 0 Å². The van der Waals surface area contributed by atoms with E-state index in [1.807, 2.05) is 0 Å². The first-order valence-corrected chi connectivity index (χ1v) is 6.40. The zero-order chi connectivity index (χ0) is 13.1. The minimum atomic E-state index is 0.0835. The van der Waals surface area contributed by atoms with E-state index in [2.05, 4.69) is 44.8 Å². The van der Waals surface area contributed by atoms with Crippen molar-refractivity contribution in [3.63, 3.8) is 0 Å². The molecule has 0 aliphatic rings. The monoisotopic (exact) mass is 239 g/mol.